The fourth-order valence-electron chi connectivity index (χ4n) is 6.23. The van der Waals surface area contributed by atoms with E-state index in [0.29, 0.717) is 0 Å². The van der Waals surface area contributed by atoms with Crippen LogP contribution in [0.25, 0.3) is 53.6 Å². The number of thiophene rings is 1. The third-order valence-electron chi connectivity index (χ3n) is 8.03. The summed E-state index contributed by atoms with van der Waals surface area (Å²) < 4.78 is 3.82. The van der Waals surface area contributed by atoms with Gasteiger partial charge in [0.1, 0.15) is 0 Å². The zero-order valence-electron chi connectivity index (χ0n) is 21.1. The largest absolute Gasteiger partial charge is 0.135 e. The van der Waals surface area contributed by atoms with Gasteiger partial charge in [0.15, 0.2) is 0 Å². The third kappa shape index (κ3) is 3.71. The Morgan fingerprint density at radius 3 is 2.10 bits per heavy atom. The second-order valence-electron chi connectivity index (χ2n) is 10.2. The molecule has 1 aliphatic carbocycles. The fourth-order valence-corrected chi connectivity index (χ4v) is 8.05. The molecule has 0 aliphatic heterocycles. The van der Waals surface area contributed by atoms with Crippen molar-refractivity contribution in [2.24, 2.45) is 0 Å². The first-order valence-corrected chi connectivity index (χ1v) is 14.9. The van der Waals surface area contributed by atoms with E-state index in [4.69, 9.17) is 0 Å². The van der Waals surface area contributed by atoms with Crippen LogP contribution in [0.1, 0.15) is 22.6 Å². The van der Waals surface area contributed by atoms with Gasteiger partial charge in [-0.25, -0.2) is 0 Å². The minimum absolute atomic E-state index is 0.225. The molecule has 0 amide bonds. The SMILES string of the molecule is Brc1cccc2sc3ccc(C4c5ccccc5-c5cc(-c6cccc(-c7ccccc7)c6)ccc54)cc3c12. The van der Waals surface area contributed by atoms with Crippen molar-refractivity contribution in [1.82, 2.24) is 0 Å². The lowest BCUT2D eigenvalue weighted by atomic mass is 9.88. The average molecular weight is 580 g/mol. The Balaban J connectivity index is 1.27. The molecule has 0 spiro atoms. The number of hydrogen-bond donors (Lipinski definition) is 0. The molecule has 39 heavy (non-hydrogen) atoms. The Hall–Kier alpha value is -3.98. The van der Waals surface area contributed by atoms with Crippen molar-refractivity contribution >= 4 is 47.4 Å². The monoisotopic (exact) mass is 578 g/mol. The van der Waals surface area contributed by atoms with Crippen LogP contribution in [0.3, 0.4) is 0 Å². The first-order valence-electron chi connectivity index (χ1n) is 13.2. The molecule has 0 bridgehead atoms. The van der Waals surface area contributed by atoms with Crippen molar-refractivity contribution in [2.45, 2.75) is 5.92 Å². The molecule has 1 unspecified atom stereocenters. The van der Waals surface area contributed by atoms with Gasteiger partial charge in [0.05, 0.1) is 0 Å². The quantitative estimate of drug-likeness (QED) is 0.195. The summed E-state index contributed by atoms with van der Waals surface area (Å²) in [4.78, 5) is 0. The second kappa shape index (κ2) is 9.05. The minimum Gasteiger partial charge on any atom is -0.135 e. The highest BCUT2D eigenvalue weighted by Crippen LogP contribution is 2.50. The lowest BCUT2D eigenvalue weighted by molar-refractivity contribution is 1.02. The van der Waals surface area contributed by atoms with Crippen LogP contribution in [-0.2, 0) is 0 Å². The second-order valence-corrected chi connectivity index (χ2v) is 12.2. The lowest BCUT2D eigenvalue weighted by Gasteiger charge is -2.15. The van der Waals surface area contributed by atoms with Crippen LogP contribution in [-0.4, -0.2) is 0 Å². The Morgan fingerprint density at radius 2 is 1.21 bits per heavy atom. The highest BCUT2D eigenvalue weighted by molar-refractivity contribution is 9.10. The molecule has 6 aromatic carbocycles. The maximum Gasteiger partial charge on any atom is 0.0366 e. The zero-order valence-corrected chi connectivity index (χ0v) is 23.5. The van der Waals surface area contributed by atoms with Gasteiger partial charge in [0, 0.05) is 30.6 Å². The molecule has 1 aromatic heterocycles. The molecule has 184 valence electrons. The molecule has 1 atom stereocenters. The Morgan fingerprint density at radius 1 is 0.487 bits per heavy atom. The molecule has 0 saturated carbocycles. The summed E-state index contributed by atoms with van der Waals surface area (Å²) >= 11 is 5.68. The first-order chi connectivity index (χ1) is 19.2. The first kappa shape index (κ1) is 23.0. The van der Waals surface area contributed by atoms with Crippen LogP contribution in [0.5, 0.6) is 0 Å². The fraction of sp³-hybridized carbons (Fsp3) is 0.0270. The number of benzene rings is 6. The highest BCUT2D eigenvalue weighted by atomic mass is 79.9. The van der Waals surface area contributed by atoms with Crippen molar-refractivity contribution < 1.29 is 0 Å². The third-order valence-corrected chi connectivity index (χ3v) is 9.83. The van der Waals surface area contributed by atoms with E-state index in [2.05, 4.69) is 149 Å². The smallest absolute Gasteiger partial charge is 0.0366 e. The highest BCUT2D eigenvalue weighted by Gasteiger charge is 2.30. The summed E-state index contributed by atoms with van der Waals surface area (Å²) in [5.41, 5.74) is 11.8. The van der Waals surface area contributed by atoms with Gasteiger partial charge in [0.25, 0.3) is 0 Å². The molecule has 0 saturated heterocycles. The molecule has 0 nitrogen and oxygen atoms in total. The molecule has 8 rings (SSSR count). The van der Waals surface area contributed by atoms with E-state index in [1.807, 2.05) is 11.3 Å². The molecule has 2 heteroatoms. The molecule has 0 radical (unpaired) electrons. The molecule has 0 fully saturated rings. The van der Waals surface area contributed by atoms with Crippen molar-refractivity contribution in [1.29, 1.82) is 0 Å². The average Bonchev–Trinajstić information content (AvgIpc) is 3.53. The molecular weight excluding hydrogens is 556 g/mol. The van der Waals surface area contributed by atoms with E-state index in [0.717, 1.165) is 4.47 Å². The Bertz CT molecular complexity index is 2030. The summed E-state index contributed by atoms with van der Waals surface area (Å²) in [5.74, 6) is 0.225. The van der Waals surface area contributed by atoms with Crippen molar-refractivity contribution in [3.63, 3.8) is 0 Å². The maximum atomic E-state index is 3.81. The normalized spacial score (nSPS) is 14.0. The van der Waals surface area contributed by atoms with Gasteiger partial charge in [-0.1, -0.05) is 113 Å². The summed E-state index contributed by atoms with van der Waals surface area (Å²) in [6, 6.07) is 49.1. The predicted octanol–water partition coefficient (Wildman–Crippen LogP) is 11.3. The van der Waals surface area contributed by atoms with E-state index in [9.17, 15) is 0 Å². The van der Waals surface area contributed by atoms with E-state index in [1.165, 1.54) is 70.2 Å². The number of hydrogen-bond acceptors (Lipinski definition) is 1. The van der Waals surface area contributed by atoms with Gasteiger partial charge < -0.3 is 0 Å². The van der Waals surface area contributed by atoms with Gasteiger partial charge in [-0.2, -0.15) is 0 Å². The zero-order chi connectivity index (χ0) is 25.9. The summed E-state index contributed by atoms with van der Waals surface area (Å²) in [6.45, 7) is 0. The lowest BCUT2D eigenvalue weighted by Crippen LogP contribution is -1.99. The number of halogens is 1. The molecule has 1 heterocycles. The van der Waals surface area contributed by atoms with E-state index in [-0.39, 0.29) is 5.92 Å². The molecule has 1 aliphatic rings. The van der Waals surface area contributed by atoms with Crippen molar-refractivity contribution in [3.8, 4) is 33.4 Å². The van der Waals surface area contributed by atoms with Crippen LogP contribution in [0.2, 0.25) is 0 Å². The van der Waals surface area contributed by atoms with Crippen LogP contribution in [0.4, 0.5) is 0 Å². The van der Waals surface area contributed by atoms with Crippen LogP contribution in [0, 0.1) is 0 Å². The van der Waals surface area contributed by atoms with Gasteiger partial charge in [-0.15, -0.1) is 11.3 Å². The topological polar surface area (TPSA) is 0 Å². The predicted molar refractivity (Wildman–Crippen MR) is 171 cm³/mol. The number of fused-ring (bicyclic) bond motifs is 6. The summed E-state index contributed by atoms with van der Waals surface area (Å²) in [5, 5.41) is 2.65. The van der Waals surface area contributed by atoms with E-state index < -0.39 is 0 Å². The van der Waals surface area contributed by atoms with Gasteiger partial charge in [-0.05, 0) is 86.5 Å². The summed E-state index contributed by atoms with van der Waals surface area (Å²) in [7, 11) is 0. The minimum atomic E-state index is 0.225. The van der Waals surface area contributed by atoms with Crippen LogP contribution < -0.4 is 0 Å². The van der Waals surface area contributed by atoms with Gasteiger partial charge in [0.2, 0.25) is 0 Å². The molecule has 7 aromatic rings. The van der Waals surface area contributed by atoms with Crippen molar-refractivity contribution in [3.05, 3.63) is 155 Å². The standard InChI is InChI=1S/C37H23BrS/c38-33-14-7-15-35-37(33)32-22-27(17-19-34(32)39-35)36-29-13-5-4-12-28(29)31-21-26(16-18-30(31)36)25-11-6-10-24(20-25)23-8-2-1-3-9-23/h1-22,36H. The number of rotatable bonds is 3. The van der Waals surface area contributed by atoms with Gasteiger partial charge >= 0.3 is 0 Å². The van der Waals surface area contributed by atoms with Crippen LogP contribution in [0.15, 0.2) is 138 Å². The van der Waals surface area contributed by atoms with Crippen LogP contribution >= 0.6 is 27.3 Å². The Kier molecular flexibility index (Phi) is 5.33. The molecular formula is C37H23BrS. The van der Waals surface area contributed by atoms with E-state index >= 15 is 0 Å². The van der Waals surface area contributed by atoms with Gasteiger partial charge in [-0.3, -0.25) is 0 Å². The summed E-state index contributed by atoms with van der Waals surface area (Å²) in [6.07, 6.45) is 0. The molecule has 0 N–H and O–H groups in total. The Labute approximate surface area is 240 Å². The maximum absolute atomic E-state index is 3.81. The van der Waals surface area contributed by atoms with Crippen molar-refractivity contribution in [2.75, 3.05) is 0 Å². The van der Waals surface area contributed by atoms with E-state index in [1.54, 1.807) is 0 Å².